The molecule has 3 rings (SSSR count). The van der Waals surface area contributed by atoms with Crippen LogP contribution in [0, 0.1) is 5.41 Å². The molecule has 1 fully saturated rings. The van der Waals surface area contributed by atoms with Crippen molar-refractivity contribution in [2.75, 3.05) is 6.54 Å². The largest absolute Gasteiger partial charge is 0.326 e. The normalized spacial score (nSPS) is 24.5. The molecule has 0 saturated heterocycles. The summed E-state index contributed by atoms with van der Waals surface area (Å²) in [5, 5.41) is 5.91. The van der Waals surface area contributed by atoms with E-state index in [2.05, 4.69) is 59.3 Å². The van der Waals surface area contributed by atoms with Gasteiger partial charge in [0.05, 0.1) is 10.9 Å². The molecule has 114 valence electrons. The van der Waals surface area contributed by atoms with Crippen LogP contribution >= 0.6 is 11.3 Å². The number of aromatic nitrogens is 2. The van der Waals surface area contributed by atoms with E-state index in [4.69, 9.17) is 0 Å². The summed E-state index contributed by atoms with van der Waals surface area (Å²) in [4.78, 5) is 5.87. The molecule has 2 aromatic rings. The van der Waals surface area contributed by atoms with Gasteiger partial charge in [0.15, 0.2) is 0 Å². The molecule has 0 amide bonds. The molecule has 2 unspecified atom stereocenters. The van der Waals surface area contributed by atoms with Crippen molar-refractivity contribution in [2.45, 2.75) is 52.1 Å². The zero-order chi connectivity index (χ0) is 14.9. The first-order chi connectivity index (χ1) is 10.1. The van der Waals surface area contributed by atoms with Gasteiger partial charge in [-0.25, -0.2) is 4.98 Å². The lowest BCUT2D eigenvalue weighted by Crippen LogP contribution is -2.43. The van der Waals surface area contributed by atoms with E-state index in [0.717, 1.165) is 12.4 Å². The first kappa shape index (κ1) is 14.8. The van der Waals surface area contributed by atoms with Gasteiger partial charge in [-0.05, 0) is 42.7 Å². The molecule has 0 radical (unpaired) electrons. The van der Waals surface area contributed by atoms with Gasteiger partial charge >= 0.3 is 0 Å². The Kier molecular flexibility index (Phi) is 4.18. The van der Waals surface area contributed by atoms with Crippen LogP contribution in [0.1, 0.15) is 46.1 Å². The van der Waals surface area contributed by atoms with Crippen LogP contribution in [0.5, 0.6) is 0 Å². The zero-order valence-corrected chi connectivity index (χ0v) is 14.0. The van der Waals surface area contributed by atoms with E-state index in [1.54, 1.807) is 11.3 Å². The van der Waals surface area contributed by atoms with Gasteiger partial charge in [0.2, 0.25) is 0 Å². The number of hydrogen-bond acceptors (Lipinski definition) is 3. The monoisotopic (exact) mass is 303 g/mol. The Balaban J connectivity index is 1.91. The second-order valence-corrected chi connectivity index (χ2v) is 7.61. The Hall–Kier alpha value is -1.13. The Labute approximate surface area is 131 Å². The van der Waals surface area contributed by atoms with E-state index < -0.39 is 0 Å². The van der Waals surface area contributed by atoms with Gasteiger partial charge in [-0.2, -0.15) is 0 Å². The van der Waals surface area contributed by atoms with Gasteiger partial charge in [-0.3, -0.25) is 0 Å². The summed E-state index contributed by atoms with van der Waals surface area (Å²) in [7, 11) is 0. The summed E-state index contributed by atoms with van der Waals surface area (Å²) < 4.78 is 2.40. The molecule has 1 aliphatic carbocycles. The standard InChI is InChI=1S/C17H25N3S/c1-4-9-18-15-13(7-8-17(15,2)3)20-11-10-19-16(20)14-6-5-12-21-14/h5-6,10-13,15,18H,4,7-9H2,1-3H3. The molecule has 0 spiro atoms. The number of nitrogens with one attached hydrogen (secondary N) is 1. The average molecular weight is 303 g/mol. The fraction of sp³-hybridized carbons (Fsp3) is 0.588. The van der Waals surface area contributed by atoms with E-state index in [-0.39, 0.29) is 0 Å². The van der Waals surface area contributed by atoms with Crippen molar-refractivity contribution in [3.8, 4) is 10.7 Å². The number of nitrogens with zero attached hydrogens (tertiary/aromatic N) is 2. The summed E-state index contributed by atoms with van der Waals surface area (Å²) >= 11 is 1.77. The van der Waals surface area contributed by atoms with E-state index in [1.165, 1.54) is 24.1 Å². The lowest BCUT2D eigenvalue weighted by Gasteiger charge is -2.32. The molecule has 2 aromatic heterocycles. The highest BCUT2D eigenvalue weighted by Gasteiger charge is 2.42. The Morgan fingerprint density at radius 2 is 2.33 bits per heavy atom. The Morgan fingerprint density at radius 1 is 1.48 bits per heavy atom. The van der Waals surface area contributed by atoms with Crippen LogP contribution in [0.4, 0.5) is 0 Å². The van der Waals surface area contributed by atoms with Gasteiger partial charge < -0.3 is 9.88 Å². The molecule has 3 nitrogen and oxygen atoms in total. The van der Waals surface area contributed by atoms with Crippen molar-refractivity contribution in [1.29, 1.82) is 0 Å². The molecule has 21 heavy (non-hydrogen) atoms. The molecule has 1 N–H and O–H groups in total. The highest BCUT2D eigenvalue weighted by Crippen LogP contribution is 2.45. The molecular formula is C17H25N3S. The minimum absolute atomic E-state index is 0.344. The molecule has 4 heteroatoms. The number of thiophene rings is 1. The van der Waals surface area contributed by atoms with Gasteiger partial charge in [0.1, 0.15) is 5.82 Å². The maximum Gasteiger partial charge on any atom is 0.150 e. The quantitative estimate of drug-likeness (QED) is 0.890. The third kappa shape index (κ3) is 2.79. The average Bonchev–Trinajstić information content (AvgIpc) is 3.15. The van der Waals surface area contributed by atoms with Crippen molar-refractivity contribution in [2.24, 2.45) is 5.41 Å². The molecule has 0 aromatic carbocycles. The lowest BCUT2D eigenvalue weighted by molar-refractivity contribution is 0.250. The van der Waals surface area contributed by atoms with E-state index in [0.29, 0.717) is 17.5 Å². The van der Waals surface area contributed by atoms with Crippen molar-refractivity contribution < 1.29 is 0 Å². The molecule has 2 heterocycles. The number of imidazole rings is 1. The SMILES string of the molecule is CCCNC1C(n2ccnc2-c2cccs2)CCC1(C)C. The fourth-order valence-corrected chi connectivity index (χ4v) is 4.28. The van der Waals surface area contributed by atoms with Crippen LogP contribution in [-0.4, -0.2) is 22.1 Å². The highest BCUT2D eigenvalue weighted by molar-refractivity contribution is 7.13. The van der Waals surface area contributed by atoms with Crippen LogP contribution in [0.3, 0.4) is 0 Å². The fourth-order valence-electron chi connectivity index (χ4n) is 3.55. The zero-order valence-electron chi connectivity index (χ0n) is 13.2. The van der Waals surface area contributed by atoms with E-state index in [1.807, 2.05) is 6.20 Å². The molecule has 1 saturated carbocycles. The summed E-state index contributed by atoms with van der Waals surface area (Å²) in [6.45, 7) is 8.11. The first-order valence-electron chi connectivity index (χ1n) is 7.93. The predicted octanol–water partition coefficient (Wildman–Crippen LogP) is 4.34. The van der Waals surface area contributed by atoms with Gasteiger partial charge in [-0.1, -0.05) is 26.8 Å². The number of hydrogen-bond donors (Lipinski definition) is 1. The second kappa shape index (κ2) is 5.93. The van der Waals surface area contributed by atoms with Crippen LogP contribution < -0.4 is 5.32 Å². The molecule has 0 aliphatic heterocycles. The van der Waals surface area contributed by atoms with Crippen molar-refractivity contribution in [3.05, 3.63) is 29.9 Å². The van der Waals surface area contributed by atoms with Gasteiger partial charge in [0.25, 0.3) is 0 Å². The third-order valence-electron chi connectivity index (χ3n) is 4.69. The third-order valence-corrected chi connectivity index (χ3v) is 5.56. The van der Waals surface area contributed by atoms with Crippen LogP contribution in [0.15, 0.2) is 29.9 Å². The van der Waals surface area contributed by atoms with Crippen molar-refractivity contribution >= 4 is 11.3 Å². The summed E-state index contributed by atoms with van der Waals surface area (Å²) in [5.74, 6) is 1.12. The van der Waals surface area contributed by atoms with E-state index >= 15 is 0 Å². The summed E-state index contributed by atoms with van der Waals surface area (Å²) in [6, 6.07) is 5.29. The minimum atomic E-state index is 0.344. The number of rotatable bonds is 5. The first-order valence-corrected chi connectivity index (χ1v) is 8.81. The van der Waals surface area contributed by atoms with Crippen molar-refractivity contribution in [3.63, 3.8) is 0 Å². The maximum absolute atomic E-state index is 4.61. The molecule has 1 aliphatic rings. The molecule has 2 atom stereocenters. The molecule has 0 bridgehead atoms. The van der Waals surface area contributed by atoms with Crippen molar-refractivity contribution in [1.82, 2.24) is 14.9 Å². The summed E-state index contributed by atoms with van der Waals surface area (Å²) in [6.07, 6.45) is 7.77. The Morgan fingerprint density at radius 3 is 3.05 bits per heavy atom. The van der Waals surface area contributed by atoms with Crippen LogP contribution in [-0.2, 0) is 0 Å². The van der Waals surface area contributed by atoms with Crippen LogP contribution in [0.25, 0.3) is 10.7 Å². The summed E-state index contributed by atoms with van der Waals surface area (Å²) in [5.41, 5.74) is 0.344. The predicted molar refractivity (Wildman–Crippen MR) is 89.7 cm³/mol. The van der Waals surface area contributed by atoms with E-state index in [9.17, 15) is 0 Å². The Bertz CT molecular complexity index is 571. The van der Waals surface area contributed by atoms with Crippen LogP contribution in [0.2, 0.25) is 0 Å². The minimum Gasteiger partial charge on any atom is -0.326 e. The maximum atomic E-state index is 4.61. The lowest BCUT2D eigenvalue weighted by atomic mass is 9.86. The second-order valence-electron chi connectivity index (χ2n) is 6.66. The molecular weight excluding hydrogens is 278 g/mol. The van der Waals surface area contributed by atoms with Gasteiger partial charge in [-0.15, -0.1) is 11.3 Å². The highest BCUT2D eigenvalue weighted by atomic mass is 32.1. The topological polar surface area (TPSA) is 29.9 Å². The smallest absolute Gasteiger partial charge is 0.150 e. The van der Waals surface area contributed by atoms with Gasteiger partial charge in [0, 0.05) is 18.4 Å².